The molecule has 0 atom stereocenters. The lowest BCUT2D eigenvalue weighted by molar-refractivity contribution is -0.120. The highest BCUT2D eigenvalue weighted by Gasteiger charge is 2.08. The Morgan fingerprint density at radius 2 is 1.65 bits per heavy atom. The van der Waals surface area contributed by atoms with Crippen LogP contribution in [0.3, 0.4) is 0 Å². The van der Waals surface area contributed by atoms with Crippen LogP contribution >= 0.6 is 24.8 Å². The summed E-state index contributed by atoms with van der Waals surface area (Å²) in [4.78, 5) is 14.4. The van der Waals surface area contributed by atoms with Crippen molar-refractivity contribution in [3.8, 4) is 0 Å². The molecule has 1 fully saturated rings. The van der Waals surface area contributed by atoms with Crippen LogP contribution in [0.2, 0.25) is 0 Å². The largest absolute Gasteiger partial charge is 0.399 e. The Morgan fingerprint density at radius 1 is 1.04 bits per heavy atom. The standard InChI is InChI=1S/C17H27N3O.2ClH/c18-16-8-6-15(7-9-16)14-17(21)19-10-5-13-20-11-3-1-2-4-12-20;;/h6-9H,1-5,10-14,18H2,(H,19,21);2*1H. The number of nitrogens with one attached hydrogen (secondary N) is 1. The Bertz CT molecular complexity index is 432. The fraction of sp³-hybridized carbons (Fsp3) is 0.588. The first kappa shape index (κ1) is 22.0. The highest BCUT2D eigenvalue weighted by atomic mass is 35.5. The van der Waals surface area contributed by atoms with Crippen molar-refractivity contribution in [3.05, 3.63) is 29.8 Å². The molecule has 132 valence electrons. The molecule has 1 saturated heterocycles. The normalized spacial score (nSPS) is 15.0. The van der Waals surface area contributed by atoms with Gasteiger partial charge in [-0.25, -0.2) is 0 Å². The summed E-state index contributed by atoms with van der Waals surface area (Å²) in [5.41, 5.74) is 7.37. The van der Waals surface area contributed by atoms with Crippen LogP contribution in [0.5, 0.6) is 0 Å². The first-order chi connectivity index (χ1) is 10.2. The van der Waals surface area contributed by atoms with Crippen LogP contribution in [0.15, 0.2) is 24.3 Å². The van der Waals surface area contributed by atoms with E-state index in [1.165, 1.54) is 38.8 Å². The molecule has 2 rings (SSSR count). The molecule has 3 N–H and O–H groups in total. The van der Waals surface area contributed by atoms with Gasteiger partial charge in [0.1, 0.15) is 0 Å². The molecule has 0 bridgehead atoms. The number of hydrogen-bond acceptors (Lipinski definition) is 3. The molecule has 23 heavy (non-hydrogen) atoms. The Morgan fingerprint density at radius 3 is 2.26 bits per heavy atom. The minimum absolute atomic E-state index is 0. The number of carbonyl (C=O) groups excluding carboxylic acids is 1. The summed E-state index contributed by atoms with van der Waals surface area (Å²) in [6.07, 6.45) is 6.86. The van der Waals surface area contributed by atoms with E-state index in [1.807, 2.05) is 24.3 Å². The number of nitrogen functional groups attached to an aromatic ring is 1. The first-order valence-electron chi connectivity index (χ1n) is 8.07. The van der Waals surface area contributed by atoms with Crippen molar-refractivity contribution < 1.29 is 4.79 Å². The molecule has 1 aliphatic heterocycles. The molecular weight excluding hydrogens is 333 g/mol. The SMILES string of the molecule is Cl.Cl.Nc1ccc(CC(=O)NCCCN2CCCCCC2)cc1. The summed E-state index contributed by atoms with van der Waals surface area (Å²) < 4.78 is 0. The number of carbonyl (C=O) groups is 1. The van der Waals surface area contributed by atoms with Gasteiger partial charge in [0, 0.05) is 12.2 Å². The third-order valence-corrected chi connectivity index (χ3v) is 4.02. The van der Waals surface area contributed by atoms with Gasteiger partial charge < -0.3 is 16.0 Å². The number of anilines is 1. The van der Waals surface area contributed by atoms with Gasteiger partial charge in [0.25, 0.3) is 0 Å². The molecule has 1 aliphatic rings. The number of amides is 1. The zero-order chi connectivity index (χ0) is 14.9. The third-order valence-electron chi connectivity index (χ3n) is 4.02. The molecule has 0 unspecified atom stereocenters. The quantitative estimate of drug-likeness (QED) is 0.604. The van der Waals surface area contributed by atoms with Crippen LogP contribution in [0.4, 0.5) is 5.69 Å². The Hall–Kier alpha value is -0.970. The van der Waals surface area contributed by atoms with Crippen LogP contribution in [0.1, 0.15) is 37.7 Å². The third kappa shape index (κ3) is 9.04. The first-order valence-corrected chi connectivity index (χ1v) is 8.07. The van der Waals surface area contributed by atoms with Crippen molar-refractivity contribution in [2.45, 2.75) is 38.5 Å². The monoisotopic (exact) mass is 361 g/mol. The van der Waals surface area contributed by atoms with Gasteiger partial charge in [0.05, 0.1) is 6.42 Å². The summed E-state index contributed by atoms with van der Waals surface area (Å²) in [6, 6.07) is 7.49. The maximum Gasteiger partial charge on any atom is 0.224 e. The summed E-state index contributed by atoms with van der Waals surface area (Å²) in [5.74, 6) is 0.0932. The molecular formula is C17H29Cl2N3O. The van der Waals surface area contributed by atoms with Crippen molar-refractivity contribution in [2.75, 3.05) is 31.9 Å². The highest BCUT2D eigenvalue weighted by Crippen LogP contribution is 2.09. The van der Waals surface area contributed by atoms with E-state index in [1.54, 1.807) is 0 Å². The fourth-order valence-electron chi connectivity index (χ4n) is 2.77. The molecule has 1 aromatic carbocycles. The zero-order valence-corrected chi connectivity index (χ0v) is 15.3. The van der Waals surface area contributed by atoms with Crippen molar-refractivity contribution in [3.63, 3.8) is 0 Å². The number of hydrogen-bond donors (Lipinski definition) is 2. The van der Waals surface area contributed by atoms with Gasteiger partial charge in [0.15, 0.2) is 0 Å². The number of nitrogens with two attached hydrogens (primary N) is 1. The highest BCUT2D eigenvalue weighted by molar-refractivity contribution is 5.85. The number of nitrogens with zero attached hydrogens (tertiary/aromatic N) is 1. The molecule has 1 aromatic rings. The van der Waals surface area contributed by atoms with E-state index in [-0.39, 0.29) is 30.7 Å². The van der Waals surface area contributed by atoms with Crippen LogP contribution in [0, 0.1) is 0 Å². The lowest BCUT2D eigenvalue weighted by Gasteiger charge is -2.19. The van der Waals surface area contributed by atoms with E-state index in [4.69, 9.17) is 5.73 Å². The summed E-state index contributed by atoms with van der Waals surface area (Å²) in [6.45, 7) is 4.31. The van der Waals surface area contributed by atoms with Gasteiger partial charge in [-0.2, -0.15) is 0 Å². The van der Waals surface area contributed by atoms with E-state index < -0.39 is 0 Å². The maximum atomic E-state index is 11.8. The second-order valence-corrected chi connectivity index (χ2v) is 5.88. The Balaban J connectivity index is 0.00000242. The molecule has 0 aromatic heterocycles. The number of halogens is 2. The molecule has 0 radical (unpaired) electrons. The van der Waals surface area contributed by atoms with Crippen molar-refractivity contribution in [1.29, 1.82) is 0 Å². The summed E-state index contributed by atoms with van der Waals surface area (Å²) >= 11 is 0. The average molecular weight is 362 g/mol. The van der Waals surface area contributed by atoms with Crippen LogP contribution < -0.4 is 11.1 Å². The minimum atomic E-state index is 0. The number of benzene rings is 1. The summed E-state index contributed by atoms with van der Waals surface area (Å²) in [7, 11) is 0. The molecule has 1 amide bonds. The lowest BCUT2D eigenvalue weighted by Crippen LogP contribution is -2.31. The molecule has 0 spiro atoms. The van der Waals surface area contributed by atoms with Gasteiger partial charge in [-0.05, 0) is 56.6 Å². The second kappa shape index (κ2) is 12.5. The van der Waals surface area contributed by atoms with Gasteiger partial charge in [-0.15, -0.1) is 24.8 Å². The van der Waals surface area contributed by atoms with Gasteiger partial charge in [0.2, 0.25) is 5.91 Å². The maximum absolute atomic E-state index is 11.8. The van der Waals surface area contributed by atoms with Crippen molar-refractivity contribution in [1.82, 2.24) is 10.2 Å². The smallest absolute Gasteiger partial charge is 0.224 e. The molecule has 0 saturated carbocycles. The van der Waals surface area contributed by atoms with E-state index in [2.05, 4.69) is 10.2 Å². The van der Waals surface area contributed by atoms with Gasteiger partial charge >= 0.3 is 0 Å². The van der Waals surface area contributed by atoms with Crippen LogP contribution in [0.25, 0.3) is 0 Å². The lowest BCUT2D eigenvalue weighted by atomic mass is 10.1. The number of rotatable bonds is 6. The molecule has 6 heteroatoms. The van der Waals surface area contributed by atoms with Crippen LogP contribution in [-0.4, -0.2) is 37.0 Å². The molecule has 1 heterocycles. The Kier molecular flexibility index (Phi) is 11.9. The van der Waals surface area contributed by atoms with Gasteiger partial charge in [-0.1, -0.05) is 25.0 Å². The van der Waals surface area contributed by atoms with Crippen molar-refractivity contribution >= 4 is 36.4 Å². The fourth-order valence-corrected chi connectivity index (χ4v) is 2.77. The topological polar surface area (TPSA) is 58.4 Å². The minimum Gasteiger partial charge on any atom is -0.399 e. The second-order valence-electron chi connectivity index (χ2n) is 5.88. The van der Waals surface area contributed by atoms with E-state index in [9.17, 15) is 4.79 Å². The van der Waals surface area contributed by atoms with E-state index >= 15 is 0 Å². The summed E-state index contributed by atoms with van der Waals surface area (Å²) in [5, 5.41) is 3.00. The predicted octanol–water partition coefficient (Wildman–Crippen LogP) is 3.04. The Labute approximate surface area is 152 Å². The van der Waals surface area contributed by atoms with Crippen molar-refractivity contribution in [2.24, 2.45) is 0 Å². The van der Waals surface area contributed by atoms with E-state index in [0.717, 1.165) is 30.8 Å². The van der Waals surface area contributed by atoms with Gasteiger partial charge in [-0.3, -0.25) is 4.79 Å². The average Bonchev–Trinajstić information content (AvgIpc) is 2.75. The predicted molar refractivity (Wildman–Crippen MR) is 102 cm³/mol. The molecule has 4 nitrogen and oxygen atoms in total. The van der Waals surface area contributed by atoms with Crippen LogP contribution in [-0.2, 0) is 11.2 Å². The molecule has 0 aliphatic carbocycles. The number of likely N-dealkylation sites (tertiary alicyclic amines) is 1. The van der Waals surface area contributed by atoms with E-state index in [0.29, 0.717) is 6.42 Å². The zero-order valence-electron chi connectivity index (χ0n) is 13.6.